The van der Waals surface area contributed by atoms with Crippen molar-refractivity contribution in [3.8, 4) is 5.75 Å². The topological polar surface area (TPSA) is 96.0 Å². The van der Waals surface area contributed by atoms with Crippen LogP contribution < -0.4 is 14.4 Å². The Morgan fingerprint density at radius 3 is 2.39 bits per heavy atom. The minimum absolute atomic E-state index is 0.165. The molecule has 0 aromatic heterocycles. The zero-order valence-corrected chi connectivity index (χ0v) is 19.3. The lowest BCUT2D eigenvalue weighted by Gasteiger charge is -2.31. The Labute approximate surface area is 183 Å². The summed E-state index contributed by atoms with van der Waals surface area (Å²) in [5.74, 6) is -0.525. The van der Waals surface area contributed by atoms with E-state index in [1.165, 1.54) is 19.1 Å². The summed E-state index contributed by atoms with van der Waals surface area (Å²) in [4.78, 5) is 27.0. The number of benzene rings is 2. The molecule has 0 aliphatic carbocycles. The fraction of sp³-hybridized carbons (Fsp3) is 0.364. The molecule has 2 amide bonds. The fourth-order valence-electron chi connectivity index (χ4n) is 3.23. The predicted molar refractivity (Wildman–Crippen MR) is 120 cm³/mol. The smallest absolute Gasteiger partial charge is 0.244 e. The van der Waals surface area contributed by atoms with Crippen LogP contribution in [0, 0.1) is 6.92 Å². The molecule has 0 spiro atoms. The number of hydrogen-bond donors (Lipinski definition) is 1. The number of aryl methyl sites for hydroxylation is 1. The van der Waals surface area contributed by atoms with E-state index in [1.807, 2.05) is 31.2 Å². The van der Waals surface area contributed by atoms with Crippen molar-refractivity contribution in [3.05, 3.63) is 59.7 Å². The van der Waals surface area contributed by atoms with Crippen LogP contribution in [-0.4, -0.2) is 58.1 Å². The maximum Gasteiger partial charge on any atom is 0.244 e. The van der Waals surface area contributed by atoms with E-state index in [-0.39, 0.29) is 18.1 Å². The van der Waals surface area contributed by atoms with E-state index in [1.54, 1.807) is 31.2 Å². The second-order valence-electron chi connectivity index (χ2n) is 7.24. The molecule has 0 fully saturated rings. The molecule has 1 atom stereocenters. The Kier molecular flexibility index (Phi) is 8.04. The maximum absolute atomic E-state index is 13.3. The number of amides is 2. The molecule has 9 heteroatoms. The number of likely N-dealkylation sites (N-methyl/N-ethyl adjacent to an activating group) is 1. The molecule has 0 saturated heterocycles. The Bertz CT molecular complexity index is 1040. The van der Waals surface area contributed by atoms with Crippen LogP contribution in [0.15, 0.2) is 48.5 Å². The van der Waals surface area contributed by atoms with Gasteiger partial charge in [-0.05, 0) is 31.5 Å². The van der Waals surface area contributed by atoms with Crippen LogP contribution in [0.5, 0.6) is 5.75 Å². The van der Waals surface area contributed by atoms with Crippen molar-refractivity contribution in [2.75, 3.05) is 31.3 Å². The first-order chi connectivity index (χ1) is 14.6. The van der Waals surface area contributed by atoms with E-state index in [9.17, 15) is 18.0 Å². The second kappa shape index (κ2) is 10.3. The molecule has 0 aliphatic heterocycles. The highest BCUT2D eigenvalue weighted by molar-refractivity contribution is 7.92. The lowest BCUT2D eigenvalue weighted by molar-refractivity contribution is -0.139. The van der Waals surface area contributed by atoms with Crippen molar-refractivity contribution in [2.45, 2.75) is 26.4 Å². The molecular weight excluding hydrogens is 418 g/mol. The minimum Gasteiger partial charge on any atom is -0.495 e. The third-order valence-electron chi connectivity index (χ3n) is 4.88. The Morgan fingerprint density at radius 1 is 1.13 bits per heavy atom. The van der Waals surface area contributed by atoms with Crippen LogP contribution in [0.2, 0.25) is 0 Å². The molecule has 0 saturated carbocycles. The second-order valence-corrected chi connectivity index (χ2v) is 9.15. The third kappa shape index (κ3) is 6.21. The molecule has 31 heavy (non-hydrogen) atoms. The lowest BCUT2D eigenvalue weighted by atomic mass is 10.1. The predicted octanol–water partition coefficient (Wildman–Crippen LogP) is 1.93. The first-order valence-corrected chi connectivity index (χ1v) is 11.6. The lowest BCUT2D eigenvalue weighted by Crippen LogP contribution is -2.50. The number of carbonyl (C=O) groups is 2. The van der Waals surface area contributed by atoms with Crippen LogP contribution in [0.3, 0.4) is 0 Å². The van der Waals surface area contributed by atoms with Gasteiger partial charge >= 0.3 is 0 Å². The number of hydrogen-bond acceptors (Lipinski definition) is 5. The molecule has 168 valence electrons. The van der Waals surface area contributed by atoms with Crippen molar-refractivity contribution >= 4 is 27.5 Å². The largest absolute Gasteiger partial charge is 0.495 e. The molecule has 8 nitrogen and oxygen atoms in total. The first kappa shape index (κ1) is 24.2. The van der Waals surface area contributed by atoms with Gasteiger partial charge in [-0.15, -0.1) is 0 Å². The van der Waals surface area contributed by atoms with Crippen LogP contribution in [0.25, 0.3) is 0 Å². The van der Waals surface area contributed by atoms with Gasteiger partial charge in [0.15, 0.2) is 0 Å². The molecular formula is C22H29N3O5S. The maximum atomic E-state index is 13.3. The zero-order valence-electron chi connectivity index (χ0n) is 18.5. The van der Waals surface area contributed by atoms with Gasteiger partial charge in [0, 0.05) is 13.6 Å². The summed E-state index contributed by atoms with van der Waals surface area (Å²) in [7, 11) is -0.884. The first-order valence-electron chi connectivity index (χ1n) is 9.75. The van der Waals surface area contributed by atoms with Gasteiger partial charge in [0.2, 0.25) is 21.8 Å². The summed E-state index contributed by atoms with van der Waals surface area (Å²) in [6, 6.07) is 13.4. The molecule has 0 radical (unpaired) electrons. The summed E-state index contributed by atoms with van der Waals surface area (Å²) in [5.41, 5.74) is 2.11. The molecule has 1 N–H and O–H groups in total. The van der Waals surface area contributed by atoms with E-state index in [0.29, 0.717) is 5.75 Å². The van der Waals surface area contributed by atoms with Gasteiger partial charge in [0.1, 0.15) is 18.3 Å². The summed E-state index contributed by atoms with van der Waals surface area (Å²) in [5, 5.41) is 2.55. The van der Waals surface area contributed by atoms with E-state index in [4.69, 9.17) is 4.74 Å². The Morgan fingerprint density at radius 2 is 1.81 bits per heavy atom. The van der Waals surface area contributed by atoms with Gasteiger partial charge in [-0.2, -0.15) is 0 Å². The molecule has 0 unspecified atom stereocenters. The van der Waals surface area contributed by atoms with E-state index < -0.39 is 28.5 Å². The molecule has 0 heterocycles. The molecule has 0 aliphatic rings. The van der Waals surface area contributed by atoms with Gasteiger partial charge in [-0.25, -0.2) is 8.42 Å². The van der Waals surface area contributed by atoms with E-state index in [2.05, 4.69) is 5.32 Å². The summed E-state index contributed by atoms with van der Waals surface area (Å²) in [6.45, 7) is 3.25. The minimum atomic E-state index is -3.80. The van der Waals surface area contributed by atoms with Crippen molar-refractivity contribution in [1.82, 2.24) is 10.2 Å². The third-order valence-corrected chi connectivity index (χ3v) is 6.01. The quantitative estimate of drug-likeness (QED) is 0.634. The van der Waals surface area contributed by atoms with Crippen LogP contribution >= 0.6 is 0 Å². The Hall–Kier alpha value is -3.07. The normalized spacial score (nSPS) is 12.0. The number of nitrogens with one attached hydrogen (secondary N) is 1. The number of sulfonamides is 1. The van der Waals surface area contributed by atoms with Crippen molar-refractivity contribution in [3.63, 3.8) is 0 Å². The van der Waals surface area contributed by atoms with Crippen molar-refractivity contribution in [1.29, 1.82) is 0 Å². The van der Waals surface area contributed by atoms with Gasteiger partial charge < -0.3 is 15.0 Å². The SMILES string of the molecule is CNC(=O)[C@H](C)N(Cc1cccc(C)c1)C(=O)CN(c1ccccc1OC)S(C)(=O)=O. The summed E-state index contributed by atoms with van der Waals surface area (Å²) in [6.07, 6.45) is 1.03. The highest BCUT2D eigenvalue weighted by Gasteiger charge is 2.30. The van der Waals surface area contributed by atoms with Crippen LogP contribution in [0.1, 0.15) is 18.1 Å². The monoisotopic (exact) mass is 447 g/mol. The van der Waals surface area contributed by atoms with Gasteiger partial charge in [0.25, 0.3) is 0 Å². The van der Waals surface area contributed by atoms with E-state index in [0.717, 1.165) is 21.7 Å². The highest BCUT2D eigenvalue weighted by Crippen LogP contribution is 2.29. The van der Waals surface area contributed by atoms with E-state index >= 15 is 0 Å². The molecule has 2 aromatic carbocycles. The Balaban J connectivity index is 2.42. The number of anilines is 1. The number of para-hydroxylation sites is 2. The molecule has 2 aromatic rings. The molecule has 2 rings (SSSR count). The number of ether oxygens (including phenoxy) is 1. The average molecular weight is 448 g/mol. The van der Waals surface area contributed by atoms with Gasteiger partial charge in [-0.1, -0.05) is 42.0 Å². The number of rotatable bonds is 9. The fourth-order valence-corrected chi connectivity index (χ4v) is 4.08. The van der Waals surface area contributed by atoms with Gasteiger partial charge in [0.05, 0.1) is 19.1 Å². The van der Waals surface area contributed by atoms with Crippen LogP contribution in [-0.2, 0) is 26.2 Å². The van der Waals surface area contributed by atoms with Gasteiger partial charge in [-0.3, -0.25) is 13.9 Å². The van der Waals surface area contributed by atoms with Crippen LogP contribution in [0.4, 0.5) is 5.69 Å². The summed E-state index contributed by atoms with van der Waals surface area (Å²) >= 11 is 0. The zero-order chi connectivity index (χ0) is 23.2. The average Bonchev–Trinajstić information content (AvgIpc) is 2.73. The number of methoxy groups -OCH3 is 1. The molecule has 0 bridgehead atoms. The standard InChI is InChI=1S/C22H29N3O5S/c1-16-9-8-10-18(13-16)14-24(17(2)22(27)23-3)21(26)15-25(31(5,28)29)19-11-6-7-12-20(19)30-4/h6-13,17H,14-15H2,1-5H3,(H,23,27)/t17-/m0/s1. The number of nitrogens with zero attached hydrogens (tertiary/aromatic N) is 2. The number of carbonyl (C=O) groups excluding carboxylic acids is 2. The highest BCUT2D eigenvalue weighted by atomic mass is 32.2. The van der Waals surface area contributed by atoms with Crippen molar-refractivity contribution < 1.29 is 22.7 Å². The van der Waals surface area contributed by atoms with Crippen molar-refractivity contribution in [2.24, 2.45) is 0 Å². The summed E-state index contributed by atoms with van der Waals surface area (Å²) < 4.78 is 31.4.